The zero-order chi connectivity index (χ0) is 16.0. The molecule has 0 bridgehead atoms. The molecule has 1 rings (SSSR count). The van der Waals surface area contributed by atoms with Gasteiger partial charge in [0, 0.05) is 12.1 Å². The van der Waals surface area contributed by atoms with Crippen molar-refractivity contribution in [3.05, 3.63) is 35.4 Å². The van der Waals surface area contributed by atoms with E-state index in [0.29, 0.717) is 0 Å². The van der Waals surface area contributed by atoms with Crippen LogP contribution in [0.3, 0.4) is 0 Å². The molecule has 3 N–H and O–H groups in total. The van der Waals surface area contributed by atoms with E-state index in [-0.39, 0.29) is 11.1 Å². The number of carboxylic acid groups (broad SMARTS) is 1. The third-order valence-corrected chi connectivity index (χ3v) is 2.30. The van der Waals surface area contributed by atoms with E-state index in [9.17, 15) is 27.6 Å². The van der Waals surface area contributed by atoms with Gasteiger partial charge in [-0.2, -0.15) is 13.2 Å². The summed E-state index contributed by atoms with van der Waals surface area (Å²) in [7, 11) is 0. The Morgan fingerprint density at radius 1 is 1.14 bits per heavy atom. The first kappa shape index (κ1) is 16.5. The van der Waals surface area contributed by atoms with Gasteiger partial charge in [0.2, 0.25) is 0 Å². The van der Waals surface area contributed by atoms with Crippen molar-refractivity contribution in [1.82, 2.24) is 10.6 Å². The zero-order valence-electron chi connectivity index (χ0n) is 10.5. The molecule has 114 valence electrons. The molecular formula is C12H11F3N2O4. The molecule has 21 heavy (non-hydrogen) atoms. The Bertz CT molecular complexity index is 558. The van der Waals surface area contributed by atoms with E-state index in [0.717, 1.165) is 0 Å². The molecule has 0 radical (unpaired) electrons. The second-order valence-electron chi connectivity index (χ2n) is 3.96. The second kappa shape index (κ2) is 6.73. The standard InChI is InChI=1S/C12H11F3N2O4/c13-12(14,15)11(21)17-5-7-2-1-3-8(4-7)10(20)16-6-9(18)19/h1-4H,5-6H2,(H,16,20)(H,17,21)(H,18,19). The Kier molecular flexibility index (Phi) is 5.28. The van der Waals surface area contributed by atoms with Gasteiger partial charge in [-0.15, -0.1) is 0 Å². The van der Waals surface area contributed by atoms with Crippen LogP contribution in [0, 0.1) is 0 Å². The second-order valence-corrected chi connectivity index (χ2v) is 3.96. The molecule has 0 saturated carbocycles. The Morgan fingerprint density at radius 2 is 1.81 bits per heavy atom. The Labute approximate surface area is 116 Å². The van der Waals surface area contributed by atoms with Crippen LogP contribution in [-0.4, -0.2) is 35.6 Å². The van der Waals surface area contributed by atoms with Gasteiger partial charge in [0.05, 0.1) is 0 Å². The molecule has 0 aliphatic carbocycles. The average molecular weight is 304 g/mol. The monoisotopic (exact) mass is 304 g/mol. The number of hydrogen-bond acceptors (Lipinski definition) is 3. The summed E-state index contributed by atoms with van der Waals surface area (Å²) in [5.41, 5.74) is 0.352. The summed E-state index contributed by atoms with van der Waals surface area (Å²) in [4.78, 5) is 32.5. The lowest BCUT2D eigenvalue weighted by Gasteiger charge is -2.09. The van der Waals surface area contributed by atoms with E-state index in [4.69, 9.17) is 5.11 Å². The fourth-order valence-electron chi connectivity index (χ4n) is 1.36. The highest BCUT2D eigenvalue weighted by molar-refractivity contribution is 5.95. The zero-order valence-corrected chi connectivity index (χ0v) is 10.5. The van der Waals surface area contributed by atoms with E-state index in [1.807, 2.05) is 0 Å². The largest absolute Gasteiger partial charge is 0.480 e. The number of carbonyl (C=O) groups is 3. The van der Waals surface area contributed by atoms with E-state index in [1.54, 1.807) is 5.32 Å². The lowest BCUT2D eigenvalue weighted by atomic mass is 10.1. The van der Waals surface area contributed by atoms with Crippen LogP contribution in [0.15, 0.2) is 24.3 Å². The molecular weight excluding hydrogens is 293 g/mol. The Balaban J connectivity index is 2.66. The number of nitrogens with one attached hydrogen (secondary N) is 2. The van der Waals surface area contributed by atoms with Crippen molar-refractivity contribution < 1.29 is 32.7 Å². The summed E-state index contributed by atoms with van der Waals surface area (Å²) in [6.45, 7) is -0.980. The van der Waals surface area contributed by atoms with Crippen LogP contribution in [0.1, 0.15) is 15.9 Å². The van der Waals surface area contributed by atoms with Crippen LogP contribution >= 0.6 is 0 Å². The van der Waals surface area contributed by atoms with E-state index in [1.165, 1.54) is 24.3 Å². The maximum Gasteiger partial charge on any atom is 0.471 e. The van der Waals surface area contributed by atoms with Crippen LogP contribution in [0.4, 0.5) is 13.2 Å². The van der Waals surface area contributed by atoms with Gasteiger partial charge in [0.1, 0.15) is 6.54 Å². The molecule has 0 aromatic heterocycles. The molecule has 0 saturated heterocycles. The highest BCUT2D eigenvalue weighted by Gasteiger charge is 2.38. The van der Waals surface area contributed by atoms with Crippen LogP contribution in [-0.2, 0) is 16.1 Å². The Morgan fingerprint density at radius 3 is 2.38 bits per heavy atom. The quantitative estimate of drug-likeness (QED) is 0.745. The van der Waals surface area contributed by atoms with Gasteiger partial charge in [0.25, 0.3) is 5.91 Å². The first-order valence-electron chi connectivity index (χ1n) is 5.64. The third kappa shape index (κ3) is 5.51. The van der Waals surface area contributed by atoms with Gasteiger partial charge in [0.15, 0.2) is 0 Å². The molecule has 1 aromatic carbocycles. The molecule has 2 amide bonds. The number of carbonyl (C=O) groups excluding carboxylic acids is 2. The van der Waals surface area contributed by atoms with E-state index >= 15 is 0 Å². The summed E-state index contributed by atoms with van der Waals surface area (Å²) in [6.07, 6.45) is -4.98. The lowest BCUT2D eigenvalue weighted by Crippen LogP contribution is -2.36. The van der Waals surface area contributed by atoms with Crippen molar-refractivity contribution in [1.29, 1.82) is 0 Å². The molecule has 0 unspecified atom stereocenters. The minimum Gasteiger partial charge on any atom is -0.480 e. The summed E-state index contributed by atoms with van der Waals surface area (Å²) in [5.74, 6) is -3.98. The smallest absolute Gasteiger partial charge is 0.471 e. The number of hydrogen-bond donors (Lipinski definition) is 3. The third-order valence-electron chi connectivity index (χ3n) is 2.30. The number of halogens is 3. The summed E-state index contributed by atoms with van der Waals surface area (Å²) >= 11 is 0. The van der Waals surface area contributed by atoms with Gasteiger partial charge in [-0.25, -0.2) is 0 Å². The number of amides is 2. The molecule has 0 atom stereocenters. The van der Waals surface area contributed by atoms with E-state index in [2.05, 4.69) is 5.32 Å². The van der Waals surface area contributed by atoms with Gasteiger partial charge in [-0.3, -0.25) is 14.4 Å². The highest BCUT2D eigenvalue weighted by Crippen LogP contribution is 2.14. The molecule has 0 fully saturated rings. The highest BCUT2D eigenvalue weighted by atomic mass is 19.4. The Hall–Kier alpha value is -2.58. The minimum absolute atomic E-state index is 0.0787. The predicted molar refractivity (Wildman–Crippen MR) is 64.3 cm³/mol. The van der Waals surface area contributed by atoms with Crippen molar-refractivity contribution in [3.8, 4) is 0 Å². The van der Waals surface area contributed by atoms with Crippen LogP contribution < -0.4 is 10.6 Å². The normalized spacial score (nSPS) is 10.8. The van der Waals surface area contributed by atoms with E-state index < -0.39 is 37.0 Å². The molecule has 0 spiro atoms. The van der Waals surface area contributed by atoms with Crippen molar-refractivity contribution >= 4 is 17.8 Å². The lowest BCUT2D eigenvalue weighted by molar-refractivity contribution is -0.173. The first-order valence-corrected chi connectivity index (χ1v) is 5.64. The van der Waals surface area contributed by atoms with Crippen LogP contribution in [0.25, 0.3) is 0 Å². The maximum absolute atomic E-state index is 12.0. The SMILES string of the molecule is O=C(O)CNC(=O)c1cccc(CNC(=O)C(F)(F)F)c1. The number of rotatable bonds is 5. The van der Waals surface area contributed by atoms with Gasteiger partial charge < -0.3 is 15.7 Å². The molecule has 0 heterocycles. The number of alkyl halides is 3. The molecule has 0 aliphatic heterocycles. The van der Waals surface area contributed by atoms with Gasteiger partial charge in [-0.1, -0.05) is 12.1 Å². The molecule has 6 nitrogen and oxygen atoms in total. The molecule has 0 aliphatic rings. The number of aliphatic carboxylic acids is 1. The fourth-order valence-corrected chi connectivity index (χ4v) is 1.36. The first-order chi connectivity index (χ1) is 9.70. The summed E-state index contributed by atoms with van der Waals surface area (Å²) < 4.78 is 36.0. The van der Waals surface area contributed by atoms with Crippen molar-refractivity contribution in [2.24, 2.45) is 0 Å². The average Bonchev–Trinajstić information content (AvgIpc) is 2.41. The predicted octanol–water partition coefficient (Wildman–Crippen LogP) is 0.679. The van der Waals surface area contributed by atoms with Crippen molar-refractivity contribution in [2.75, 3.05) is 6.54 Å². The summed E-state index contributed by atoms with van der Waals surface area (Å²) in [5, 5.41) is 12.2. The maximum atomic E-state index is 12.0. The van der Waals surface area contributed by atoms with Crippen LogP contribution in [0.5, 0.6) is 0 Å². The van der Waals surface area contributed by atoms with Gasteiger partial charge >= 0.3 is 18.1 Å². The topological polar surface area (TPSA) is 95.5 Å². The fraction of sp³-hybridized carbons (Fsp3) is 0.250. The number of carboxylic acids is 1. The number of benzene rings is 1. The molecule has 1 aromatic rings. The molecule has 9 heteroatoms. The summed E-state index contributed by atoms with van der Waals surface area (Å²) in [6, 6.07) is 5.45. The van der Waals surface area contributed by atoms with Gasteiger partial charge in [-0.05, 0) is 17.7 Å². The van der Waals surface area contributed by atoms with Crippen molar-refractivity contribution in [3.63, 3.8) is 0 Å². The minimum atomic E-state index is -4.98. The van der Waals surface area contributed by atoms with Crippen molar-refractivity contribution in [2.45, 2.75) is 12.7 Å². The van der Waals surface area contributed by atoms with Crippen LogP contribution in [0.2, 0.25) is 0 Å².